The number of benzene rings is 2. The lowest BCUT2D eigenvalue weighted by Crippen LogP contribution is -2.45. The molecule has 2 aromatic carbocycles. The Morgan fingerprint density at radius 2 is 2.00 bits per heavy atom. The molecule has 2 heterocycles. The Labute approximate surface area is 194 Å². The average molecular weight is 453 g/mol. The maximum Gasteiger partial charge on any atom is 0.241 e. The first-order chi connectivity index (χ1) is 15.6. The largest absolute Gasteiger partial charge is 0.353 e. The standard InChI is InChI=1S/C25H29ClN4O2/c1-18(13-14-19-8-3-2-4-9-19)27-25(31)20-10-7-15-30(16-20)17-23-28-24(29-32-23)21-11-5-6-12-22(21)26/h2-6,8-9,11-12,18,20H,7,10,13-17H2,1H3,(H,27,31). The number of rotatable bonds is 8. The zero-order valence-corrected chi connectivity index (χ0v) is 19.1. The van der Waals surface area contributed by atoms with Crippen molar-refractivity contribution >= 4 is 17.5 Å². The van der Waals surface area contributed by atoms with Gasteiger partial charge in [0.05, 0.1) is 17.5 Å². The molecule has 0 aliphatic carbocycles. The fourth-order valence-electron chi connectivity index (χ4n) is 4.14. The van der Waals surface area contributed by atoms with Gasteiger partial charge >= 0.3 is 0 Å². The fraction of sp³-hybridized carbons (Fsp3) is 0.400. The van der Waals surface area contributed by atoms with Gasteiger partial charge < -0.3 is 9.84 Å². The lowest BCUT2D eigenvalue weighted by molar-refractivity contribution is -0.127. The summed E-state index contributed by atoms with van der Waals surface area (Å²) in [4.78, 5) is 19.6. The van der Waals surface area contributed by atoms with E-state index in [1.165, 1.54) is 5.56 Å². The van der Waals surface area contributed by atoms with Gasteiger partial charge in [0.25, 0.3) is 0 Å². The van der Waals surface area contributed by atoms with Crippen molar-refractivity contribution in [3.8, 4) is 11.4 Å². The van der Waals surface area contributed by atoms with Crippen molar-refractivity contribution in [1.29, 1.82) is 0 Å². The van der Waals surface area contributed by atoms with Crippen molar-refractivity contribution in [3.05, 3.63) is 71.1 Å². The van der Waals surface area contributed by atoms with Crippen LogP contribution in [0, 0.1) is 5.92 Å². The van der Waals surface area contributed by atoms with Crippen LogP contribution in [0.25, 0.3) is 11.4 Å². The van der Waals surface area contributed by atoms with Crippen LogP contribution in [-0.2, 0) is 17.8 Å². The first-order valence-electron chi connectivity index (χ1n) is 11.2. The molecule has 4 rings (SSSR count). The Hall–Kier alpha value is -2.70. The molecule has 2 atom stereocenters. The third-order valence-electron chi connectivity index (χ3n) is 5.92. The summed E-state index contributed by atoms with van der Waals surface area (Å²) in [6.07, 6.45) is 3.77. The first kappa shape index (κ1) is 22.5. The van der Waals surface area contributed by atoms with E-state index in [1.807, 2.05) is 30.3 Å². The molecule has 2 unspecified atom stereocenters. The molecule has 6 nitrogen and oxygen atoms in total. The third kappa shape index (κ3) is 5.96. The van der Waals surface area contributed by atoms with E-state index >= 15 is 0 Å². The normalized spacial score (nSPS) is 17.8. The highest BCUT2D eigenvalue weighted by Gasteiger charge is 2.27. The van der Waals surface area contributed by atoms with Crippen LogP contribution in [0.5, 0.6) is 0 Å². The van der Waals surface area contributed by atoms with E-state index in [0.29, 0.717) is 29.8 Å². The van der Waals surface area contributed by atoms with E-state index < -0.39 is 0 Å². The molecule has 32 heavy (non-hydrogen) atoms. The van der Waals surface area contributed by atoms with Crippen LogP contribution in [0.4, 0.5) is 0 Å². The lowest BCUT2D eigenvalue weighted by Gasteiger charge is -2.31. The Bertz CT molecular complexity index is 1020. The number of piperidine rings is 1. The topological polar surface area (TPSA) is 71.3 Å². The second-order valence-corrected chi connectivity index (χ2v) is 8.91. The molecule has 1 fully saturated rings. The minimum Gasteiger partial charge on any atom is -0.353 e. The molecule has 168 valence electrons. The Balaban J connectivity index is 1.28. The van der Waals surface area contributed by atoms with Gasteiger partial charge in [0.15, 0.2) is 0 Å². The van der Waals surface area contributed by atoms with E-state index in [1.54, 1.807) is 0 Å². The van der Waals surface area contributed by atoms with Crippen LogP contribution in [-0.4, -0.2) is 40.1 Å². The molecule has 1 saturated heterocycles. The number of aromatic nitrogens is 2. The Kier molecular flexibility index (Phi) is 7.55. The molecule has 0 spiro atoms. The molecule has 1 aliphatic heterocycles. The van der Waals surface area contributed by atoms with Gasteiger partial charge in [0, 0.05) is 18.2 Å². The van der Waals surface area contributed by atoms with Crippen LogP contribution in [0.15, 0.2) is 59.1 Å². The summed E-state index contributed by atoms with van der Waals surface area (Å²) in [5.74, 6) is 1.15. The minimum atomic E-state index is -0.0196. The summed E-state index contributed by atoms with van der Waals surface area (Å²) in [5.41, 5.74) is 2.05. The van der Waals surface area contributed by atoms with E-state index in [4.69, 9.17) is 16.1 Å². The Morgan fingerprint density at radius 1 is 1.22 bits per heavy atom. The Morgan fingerprint density at radius 3 is 2.81 bits per heavy atom. The quantitative estimate of drug-likeness (QED) is 0.534. The maximum atomic E-state index is 12.8. The molecular weight excluding hydrogens is 424 g/mol. The van der Waals surface area contributed by atoms with Crippen molar-refractivity contribution in [2.24, 2.45) is 5.92 Å². The molecule has 0 radical (unpaired) electrons. The van der Waals surface area contributed by atoms with Crippen LogP contribution < -0.4 is 5.32 Å². The van der Waals surface area contributed by atoms with Gasteiger partial charge in [-0.15, -0.1) is 0 Å². The van der Waals surface area contributed by atoms with Gasteiger partial charge in [-0.3, -0.25) is 9.69 Å². The summed E-state index contributed by atoms with van der Waals surface area (Å²) in [6, 6.07) is 18.0. The summed E-state index contributed by atoms with van der Waals surface area (Å²) in [5, 5.41) is 7.87. The number of carbonyl (C=O) groups is 1. The molecule has 1 aromatic heterocycles. The zero-order chi connectivity index (χ0) is 22.3. The van der Waals surface area contributed by atoms with Crippen molar-refractivity contribution < 1.29 is 9.32 Å². The number of aryl methyl sites for hydroxylation is 1. The average Bonchev–Trinajstić information content (AvgIpc) is 3.27. The maximum absolute atomic E-state index is 12.8. The van der Waals surface area contributed by atoms with Crippen LogP contribution in [0.1, 0.15) is 37.6 Å². The van der Waals surface area contributed by atoms with Gasteiger partial charge in [0.2, 0.25) is 17.6 Å². The predicted octanol–water partition coefficient (Wildman–Crippen LogP) is 4.74. The predicted molar refractivity (Wildman–Crippen MR) is 125 cm³/mol. The van der Waals surface area contributed by atoms with Crippen molar-refractivity contribution in [1.82, 2.24) is 20.4 Å². The molecule has 1 aliphatic rings. The summed E-state index contributed by atoms with van der Waals surface area (Å²) in [7, 11) is 0. The van der Waals surface area contributed by atoms with E-state index in [9.17, 15) is 4.79 Å². The van der Waals surface area contributed by atoms with E-state index in [-0.39, 0.29) is 17.9 Å². The second kappa shape index (κ2) is 10.7. The van der Waals surface area contributed by atoms with Crippen LogP contribution in [0.2, 0.25) is 5.02 Å². The van der Waals surface area contributed by atoms with Gasteiger partial charge in [0.1, 0.15) is 0 Å². The first-order valence-corrected chi connectivity index (χ1v) is 11.6. The molecule has 7 heteroatoms. The number of nitrogens with zero attached hydrogens (tertiary/aromatic N) is 3. The van der Waals surface area contributed by atoms with E-state index in [2.05, 4.69) is 51.5 Å². The van der Waals surface area contributed by atoms with Gasteiger partial charge in [-0.25, -0.2) is 0 Å². The summed E-state index contributed by atoms with van der Waals surface area (Å²) in [6.45, 7) is 4.22. The molecule has 3 aromatic rings. The van der Waals surface area contributed by atoms with Crippen molar-refractivity contribution in [2.75, 3.05) is 13.1 Å². The van der Waals surface area contributed by atoms with Gasteiger partial charge in [-0.2, -0.15) is 4.98 Å². The summed E-state index contributed by atoms with van der Waals surface area (Å²) < 4.78 is 5.45. The number of amides is 1. The highest BCUT2D eigenvalue weighted by Crippen LogP contribution is 2.25. The van der Waals surface area contributed by atoms with Crippen LogP contribution in [0.3, 0.4) is 0 Å². The number of carbonyl (C=O) groups excluding carboxylic acids is 1. The fourth-order valence-corrected chi connectivity index (χ4v) is 4.36. The summed E-state index contributed by atoms with van der Waals surface area (Å²) >= 11 is 6.24. The highest BCUT2D eigenvalue weighted by atomic mass is 35.5. The number of hydrogen-bond donors (Lipinski definition) is 1. The molecule has 1 amide bonds. The molecule has 0 bridgehead atoms. The molecular formula is C25H29ClN4O2. The molecule has 1 N–H and O–H groups in total. The van der Waals surface area contributed by atoms with E-state index in [0.717, 1.165) is 37.8 Å². The second-order valence-electron chi connectivity index (χ2n) is 8.50. The van der Waals surface area contributed by atoms with Crippen molar-refractivity contribution in [2.45, 2.75) is 45.2 Å². The molecule has 0 saturated carbocycles. The number of hydrogen-bond acceptors (Lipinski definition) is 5. The third-order valence-corrected chi connectivity index (χ3v) is 6.25. The van der Waals surface area contributed by atoms with Crippen LogP contribution >= 0.6 is 11.6 Å². The smallest absolute Gasteiger partial charge is 0.241 e. The highest BCUT2D eigenvalue weighted by molar-refractivity contribution is 6.33. The number of halogens is 1. The van der Waals surface area contributed by atoms with Gasteiger partial charge in [-0.1, -0.05) is 59.2 Å². The van der Waals surface area contributed by atoms with Crippen molar-refractivity contribution in [3.63, 3.8) is 0 Å². The number of nitrogens with one attached hydrogen (secondary N) is 1. The minimum absolute atomic E-state index is 0.0196. The zero-order valence-electron chi connectivity index (χ0n) is 18.3. The number of likely N-dealkylation sites (tertiary alicyclic amines) is 1. The van der Waals surface area contributed by atoms with Gasteiger partial charge in [-0.05, 0) is 56.8 Å². The monoisotopic (exact) mass is 452 g/mol. The lowest BCUT2D eigenvalue weighted by atomic mass is 9.96. The SMILES string of the molecule is CC(CCc1ccccc1)NC(=O)C1CCCN(Cc2nc(-c3ccccc3Cl)no2)C1.